The van der Waals surface area contributed by atoms with E-state index in [1.807, 2.05) is 60.4 Å². The van der Waals surface area contributed by atoms with Gasteiger partial charge in [-0.1, -0.05) is 30.7 Å². The molecular formula is C37H47ClN4O4. The van der Waals surface area contributed by atoms with Gasteiger partial charge in [-0.2, -0.15) is 0 Å². The van der Waals surface area contributed by atoms with Gasteiger partial charge in [-0.05, 0) is 110 Å². The molecule has 1 heterocycles. The Balaban J connectivity index is 1.38. The molecule has 1 saturated carbocycles. The fraction of sp³-hybridized carbons (Fsp3) is 0.459. The summed E-state index contributed by atoms with van der Waals surface area (Å²) in [6.45, 7) is 5.07. The number of hydrogen-bond acceptors (Lipinski definition) is 5. The Morgan fingerprint density at radius 1 is 1.00 bits per heavy atom. The summed E-state index contributed by atoms with van der Waals surface area (Å²) in [5.41, 5.74) is 4.86. The van der Waals surface area contributed by atoms with Crippen molar-refractivity contribution in [2.45, 2.75) is 70.6 Å². The van der Waals surface area contributed by atoms with E-state index in [9.17, 15) is 9.59 Å². The summed E-state index contributed by atoms with van der Waals surface area (Å²) >= 11 is 6.29. The van der Waals surface area contributed by atoms with Gasteiger partial charge in [0, 0.05) is 50.1 Å². The maximum atomic E-state index is 13.9. The summed E-state index contributed by atoms with van der Waals surface area (Å²) in [4.78, 5) is 31.8. The number of carbonyl (C=O) groups is 2. The molecule has 3 aromatic rings. The molecule has 0 spiro atoms. The van der Waals surface area contributed by atoms with Crippen molar-refractivity contribution in [2.75, 3.05) is 44.6 Å². The molecule has 2 atom stereocenters. The second-order valence-corrected chi connectivity index (χ2v) is 13.3. The first-order valence-electron chi connectivity index (χ1n) is 16.3. The number of carbonyl (C=O) groups excluding carboxylic acids is 2. The molecule has 2 aliphatic rings. The van der Waals surface area contributed by atoms with Gasteiger partial charge in [0.15, 0.2) is 11.5 Å². The number of nitrogens with one attached hydrogen (secondary N) is 1. The minimum atomic E-state index is -0.356. The van der Waals surface area contributed by atoms with Crippen molar-refractivity contribution in [3.8, 4) is 11.5 Å². The quantitative estimate of drug-likeness (QED) is 0.247. The van der Waals surface area contributed by atoms with E-state index in [4.69, 9.17) is 21.1 Å². The molecule has 0 bridgehead atoms. The Morgan fingerprint density at radius 2 is 1.67 bits per heavy atom. The standard InChI is InChI=1S/C37H47ClN4O4/c1-7-24(2)46-34-22-32-27(20-33(34)45-6)21-35(43)42(36(32)26-10-12-28(38)13-11-26)31-18-16-30(17-19-31)41(5)23-25-8-14-29(15-9-25)39-37(44)40(3)4/h10-13,16-20,22,24-25,29,36H,7-9,14-15,21,23H2,1-6H3,(H,39,44)/t24-,25-,29-,36?/m1/s1. The molecule has 3 aromatic carbocycles. The number of hydrogen-bond donors (Lipinski definition) is 1. The van der Waals surface area contributed by atoms with E-state index in [2.05, 4.69) is 36.3 Å². The lowest BCUT2D eigenvalue weighted by molar-refractivity contribution is -0.118. The first-order valence-corrected chi connectivity index (χ1v) is 16.7. The summed E-state index contributed by atoms with van der Waals surface area (Å²) in [6.07, 6.45) is 5.31. The maximum Gasteiger partial charge on any atom is 0.317 e. The van der Waals surface area contributed by atoms with Crippen LogP contribution in [0, 0.1) is 5.92 Å². The molecule has 1 aliphatic carbocycles. The normalized spacial score (nSPS) is 20.0. The lowest BCUT2D eigenvalue weighted by Crippen LogP contribution is -2.43. The number of ether oxygens (including phenoxy) is 2. The zero-order chi connectivity index (χ0) is 33.0. The number of amides is 3. The molecule has 1 N–H and O–H groups in total. The molecular weight excluding hydrogens is 600 g/mol. The Labute approximate surface area is 278 Å². The second kappa shape index (κ2) is 14.7. The lowest BCUT2D eigenvalue weighted by Gasteiger charge is -2.38. The summed E-state index contributed by atoms with van der Waals surface area (Å²) < 4.78 is 12.0. The Morgan fingerprint density at radius 3 is 2.28 bits per heavy atom. The molecule has 1 aliphatic heterocycles. The molecule has 0 saturated heterocycles. The molecule has 1 unspecified atom stereocenters. The van der Waals surface area contributed by atoms with Gasteiger partial charge in [0.2, 0.25) is 5.91 Å². The van der Waals surface area contributed by atoms with Crippen LogP contribution in [-0.4, -0.2) is 63.8 Å². The smallest absolute Gasteiger partial charge is 0.317 e. The summed E-state index contributed by atoms with van der Waals surface area (Å²) in [6, 6.07) is 19.9. The molecule has 5 rings (SSSR count). The van der Waals surface area contributed by atoms with Crippen LogP contribution in [0.15, 0.2) is 60.7 Å². The van der Waals surface area contributed by atoms with E-state index in [1.165, 1.54) is 0 Å². The van der Waals surface area contributed by atoms with Crippen molar-refractivity contribution < 1.29 is 19.1 Å². The van der Waals surface area contributed by atoms with Crippen molar-refractivity contribution >= 4 is 34.9 Å². The molecule has 0 radical (unpaired) electrons. The van der Waals surface area contributed by atoms with Crippen molar-refractivity contribution in [1.82, 2.24) is 10.2 Å². The fourth-order valence-electron chi connectivity index (χ4n) is 6.53. The van der Waals surface area contributed by atoms with Crippen LogP contribution in [0.25, 0.3) is 0 Å². The number of halogens is 1. The highest BCUT2D eigenvalue weighted by atomic mass is 35.5. The van der Waals surface area contributed by atoms with Gasteiger partial charge >= 0.3 is 6.03 Å². The molecule has 246 valence electrons. The van der Waals surface area contributed by atoms with Gasteiger partial charge in [0.1, 0.15) is 0 Å². The number of fused-ring (bicyclic) bond motifs is 1. The number of anilines is 2. The zero-order valence-corrected chi connectivity index (χ0v) is 28.6. The highest BCUT2D eigenvalue weighted by molar-refractivity contribution is 6.30. The van der Waals surface area contributed by atoms with Gasteiger partial charge in [-0.3, -0.25) is 4.79 Å². The van der Waals surface area contributed by atoms with Crippen LogP contribution in [0.2, 0.25) is 5.02 Å². The first-order chi connectivity index (χ1) is 22.1. The summed E-state index contributed by atoms with van der Waals surface area (Å²) in [5.74, 6) is 1.89. The molecule has 8 nitrogen and oxygen atoms in total. The SMILES string of the molecule is CC[C@@H](C)Oc1cc2c(cc1OC)CC(=O)N(c1ccc(N(C)C[C@H]3CC[C@H](NC(=O)N(C)C)CC3)cc1)C2c1ccc(Cl)cc1. The van der Waals surface area contributed by atoms with Crippen LogP contribution in [0.1, 0.15) is 68.7 Å². The van der Waals surface area contributed by atoms with Gasteiger partial charge < -0.3 is 29.5 Å². The number of nitrogens with zero attached hydrogens (tertiary/aromatic N) is 3. The maximum absolute atomic E-state index is 13.9. The molecule has 9 heteroatoms. The van der Waals surface area contributed by atoms with Crippen molar-refractivity contribution in [2.24, 2.45) is 5.92 Å². The second-order valence-electron chi connectivity index (χ2n) is 12.9. The molecule has 1 fully saturated rings. The van der Waals surface area contributed by atoms with Crippen LogP contribution in [0.3, 0.4) is 0 Å². The van der Waals surface area contributed by atoms with Crippen LogP contribution in [0.4, 0.5) is 16.2 Å². The Bertz CT molecular complexity index is 1500. The minimum Gasteiger partial charge on any atom is -0.493 e. The van der Waals surface area contributed by atoms with Crippen molar-refractivity contribution in [1.29, 1.82) is 0 Å². The fourth-order valence-corrected chi connectivity index (χ4v) is 6.65. The van der Waals surface area contributed by atoms with Gasteiger partial charge in [0.05, 0.1) is 25.7 Å². The predicted octanol–water partition coefficient (Wildman–Crippen LogP) is 7.47. The van der Waals surface area contributed by atoms with Crippen LogP contribution < -0.4 is 24.6 Å². The van der Waals surface area contributed by atoms with Crippen molar-refractivity contribution in [3.63, 3.8) is 0 Å². The Hall–Kier alpha value is -3.91. The third-order valence-electron chi connectivity index (χ3n) is 9.36. The van der Waals surface area contributed by atoms with E-state index in [0.29, 0.717) is 22.4 Å². The van der Waals surface area contributed by atoms with E-state index in [-0.39, 0.29) is 36.5 Å². The molecule has 3 amide bonds. The molecule has 0 aromatic heterocycles. The van der Waals surface area contributed by atoms with E-state index in [1.54, 1.807) is 26.1 Å². The number of rotatable bonds is 10. The monoisotopic (exact) mass is 646 g/mol. The van der Waals surface area contributed by atoms with Crippen LogP contribution in [-0.2, 0) is 11.2 Å². The lowest BCUT2D eigenvalue weighted by atomic mass is 9.85. The third-order valence-corrected chi connectivity index (χ3v) is 9.61. The average Bonchev–Trinajstić information content (AvgIpc) is 3.05. The van der Waals surface area contributed by atoms with Gasteiger partial charge in [-0.15, -0.1) is 0 Å². The third kappa shape index (κ3) is 7.55. The van der Waals surface area contributed by atoms with E-state index < -0.39 is 0 Å². The highest BCUT2D eigenvalue weighted by Gasteiger charge is 2.36. The largest absolute Gasteiger partial charge is 0.493 e. The van der Waals surface area contributed by atoms with E-state index in [0.717, 1.165) is 66.7 Å². The highest BCUT2D eigenvalue weighted by Crippen LogP contribution is 2.44. The summed E-state index contributed by atoms with van der Waals surface area (Å²) in [7, 11) is 7.31. The topological polar surface area (TPSA) is 74.4 Å². The predicted molar refractivity (Wildman–Crippen MR) is 186 cm³/mol. The van der Waals surface area contributed by atoms with Crippen molar-refractivity contribution in [3.05, 3.63) is 82.4 Å². The van der Waals surface area contributed by atoms with Crippen LogP contribution >= 0.6 is 11.6 Å². The number of methoxy groups -OCH3 is 1. The number of benzene rings is 3. The van der Waals surface area contributed by atoms with Crippen LogP contribution in [0.5, 0.6) is 11.5 Å². The van der Waals surface area contributed by atoms with Gasteiger partial charge in [-0.25, -0.2) is 4.79 Å². The zero-order valence-electron chi connectivity index (χ0n) is 27.9. The minimum absolute atomic E-state index is 0.0179. The van der Waals surface area contributed by atoms with Gasteiger partial charge in [0.25, 0.3) is 0 Å². The van der Waals surface area contributed by atoms with E-state index >= 15 is 0 Å². The summed E-state index contributed by atoms with van der Waals surface area (Å²) in [5, 5.41) is 3.78. The first kappa shape index (κ1) is 33.5. The average molecular weight is 647 g/mol. The number of urea groups is 1. The molecule has 46 heavy (non-hydrogen) atoms. The Kier molecular flexibility index (Phi) is 10.7.